The number of hydrogen-bond acceptors (Lipinski definition) is 3. The van der Waals surface area contributed by atoms with E-state index in [2.05, 4.69) is 26.2 Å². The van der Waals surface area contributed by atoms with E-state index in [1.54, 1.807) is 11.6 Å². The Morgan fingerprint density at radius 2 is 1.86 bits per heavy atom. The Morgan fingerprint density at radius 1 is 1.14 bits per heavy atom. The molecule has 3 rings (SSSR count). The molecule has 0 atom stereocenters. The number of benzene rings is 1. The topological polar surface area (TPSA) is 46.9 Å². The SMILES string of the molecule is CNc1c(Br)c(=O)n(-c2ccccc2)c2nc(C)ccc12. The number of hydrogen-bond donors (Lipinski definition) is 1. The number of fused-ring (bicyclic) bond motifs is 1. The van der Waals surface area contributed by atoms with E-state index < -0.39 is 0 Å². The molecule has 0 fully saturated rings. The maximum atomic E-state index is 12.7. The van der Waals surface area contributed by atoms with Crippen molar-refractivity contribution in [2.45, 2.75) is 6.92 Å². The number of aryl methyl sites for hydroxylation is 1. The first-order valence-electron chi connectivity index (χ1n) is 6.58. The van der Waals surface area contributed by atoms with Crippen molar-refractivity contribution in [2.24, 2.45) is 0 Å². The average Bonchev–Trinajstić information content (AvgIpc) is 2.50. The summed E-state index contributed by atoms with van der Waals surface area (Å²) >= 11 is 3.40. The Balaban J connectivity index is 2.52. The minimum Gasteiger partial charge on any atom is -0.386 e. The van der Waals surface area contributed by atoms with Gasteiger partial charge in [-0.1, -0.05) is 18.2 Å². The second-order valence-electron chi connectivity index (χ2n) is 4.74. The molecule has 3 aromatic rings. The molecule has 0 radical (unpaired) electrons. The number of halogens is 1. The van der Waals surface area contributed by atoms with Crippen LogP contribution in [0, 0.1) is 6.92 Å². The molecule has 4 nitrogen and oxygen atoms in total. The van der Waals surface area contributed by atoms with Crippen LogP contribution in [0.15, 0.2) is 51.7 Å². The van der Waals surface area contributed by atoms with Gasteiger partial charge >= 0.3 is 0 Å². The van der Waals surface area contributed by atoms with Gasteiger partial charge in [0, 0.05) is 18.1 Å². The first-order valence-corrected chi connectivity index (χ1v) is 7.38. The van der Waals surface area contributed by atoms with Gasteiger partial charge in [-0.2, -0.15) is 0 Å². The minimum absolute atomic E-state index is 0.129. The van der Waals surface area contributed by atoms with Crippen molar-refractivity contribution in [3.63, 3.8) is 0 Å². The standard InChI is InChI=1S/C16H14BrN3O/c1-10-8-9-12-14(18-2)13(17)16(21)20(15(12)19-10)11-6-4-3-5-7-11/h3-9,18H,1-2H3. The summed E-state index contributed by atoms with van der Waals surface area (Å²) in [6, 6.07) is 13.5. The number of rotatable bonds is 2. The lowest BCUT2D eigenvalue weighted by Gasteiger charge is -2.15. The Kier molecular flexibility index (Phi) is 3.51. The summed E-state index contributed by atoms with van der Waals surface area (Å²) in [7, 11) is 1.80. The van der Waals surface area contributed by atoms with Crippen molar-refractivity contribution in [2.75, 3.05) is 12.4 Å². The molecule has 106 valence electrons. The van der Waals surface area contributed by atoms with Crippen molar-refractivity contribution in [3.05, 3.63) is 63.0 Å². The maximum Gasteiger partial charge on any atom is 0.273 e. The van der Waals surface area contributed by atoms with E-state index in [0.717, 1.165) is 22.5 Å². The highest BCUT2D eigenvalue weighted by molar-refractivity contribution is 9.10. The number of nitrogens with one attached hydrogen (secondary N) is 1. The highest BCUT2D eigenvalue weighted by atomic mass is 79.9. The van der Waals surface area contributed by atoms with Crippen LogP contribution >= 0.6 is 15.9 Å². The van der Waals surface area contributed by atoms with Gasteiger partial charge < -0.3 is 5.32 Å². The highest BCUT2D eigenvalue weighted by Crippen LogP contribution is 2.29. The first-order chi connectivity index (χ1) is 10.1. The normalized spacial score (nSPS) is 10.8. The molecule has 2 aromatic heterocycles. The smallest absolute Gasteiger partial charge is 0.273 e. The molecule has 0 spiro atoms. The van der Waals surface area contributed by atoms with Gasteiger partial charge in [-0.05, 0) is 47.1 Å². The second-order valence-corrected chi connectivity index (χ2v) is 5.53. The van der Waals surface area contributed by atoms with Crippen LogP contribution < -0.4 is 10.9 Å². The lowest BCUT2D eigenvalue weighted by atomic mass is 10.2. The maximum absolute atomic E-state index is 12.7. The molecular formula is C16H14BrN3O. The van der Waals surface area contributed by atoms with E-state index in [9.17, 15) is 4.79 Å². The zero-order chi connectivity index (χ0) is 15.0. The minimum atomic E-state index is -0.129. The predicted molar refractivity (Wildman–Crippen MR) is 89.3 cm³/mol. The summed E-state index contributed by atoms with van der Waals surface area (Å²) in [6.07, 6.45) is 0. The van der Waals surface area contributed by atoms with Crippen LogP contribution in [0.25, 0.3) is 16.7 Å². The van der Waals surface area contributed by atoms with Gasteiger partial charge in [-0.25, -0.2) is 4.98 Å². The van der Waals surface area contributed by atoms with E-state index >= 15 is 0 Å². The van der Waals surface area contributed by atoms with Crippen LogP contribution in [0.2, 0.25) is 0 Å². The van der Waals surface area contributed by atoms with Crippen LogP contribution in [0.1, 0.15) is 5.69 Å². The molecule has 0 amide bonds. The molecule has 0 bridgehead atoms. The van der Waals surface area contributed by atoms with Gasteiger partial charge in [0.1, 0.15) is 10.1 Å². The summed E-state index contributed by atoms with van der Waals surface area (Å²) in [4.78, 5) is 17.3. The molecule has 0 aliphatic carbocycles. The third-order valence-corrected chi connectivity index (χ3v) is 4.11. The molecule has 0 unspecified atom stereocenters. The van der Waals surface area contributed by atoms with Gasteiger partial charge in [0.15, 0.2) is 0 Å². The lowest BCUT2D eigenvalue weighted by Crippen LogP contribution is -2.22. The monoisotopic (exact) mass is 343 g/mol. The van der Waals surface area contributed by atoms with Gasteiger partial charge in [0.05, 0.1) is 11.4 Å². The number of aromatic nitrogens is 2. The average molecular weight is 344 g/mol. The third-order valence-electron chi connectivity index (χ3n) is 3.37. The Bertz CT molecular complexity index is 872. The van der Waals surface area contributed by atoms with E-state index in [4.69, 9.17) is 0 Å². The van der Waals surface area contributed by atoms with Crippen LogP contribution in [0.4, 0.5) is 5.69 Å². The first kappa shape index (κ1) is 13.8. The molecule has 21 heavy (non-hydrogen) atoms. The molecule has 0 saturated carbocycles. The number of para-hydroxylation sites is 1. The Labute approximate surface area is 130 Å². The largest absolute Gasteiger partial charge is 0.386 e. The zero-order valence-corrected chi connectivity index (χ0v) is 13.3. The van der Waals surface area contributed by atoms with Crippen molar-refractivity contribution < 1.29 is 0 Å². The van der Waals surface area contributed by atoms with Crippen molar-refractivity contribution in [3.8, 4) is 5.69 Å². The molecule has 1 aromatic carbocycles. The zero-order valence-electron chi connectivity index (χ0n) is 11.7. The van der Waals surface area contributed by atoms with E-state index in [1.165, 1.54) is 0 Å². The van der Waals surface area contributed by atoms with Gasteiger partial charge in [0.2, 0.25) is 0 Å². The molecule has 0 aliphatic heterocycles. The molecule has 1 N–H and O–H groups in total. The summed E-state index contributed by atoms with van der Waals surface area (Å²) < 4.78 is 2.14. The second kappa shape index (κ2) is 5.33. The van der Waals surface area contributed by atoms with Crippen molar-refractivity contribution in [1.82, 2.24) is 9.55 Å². The molecule has 2 heterocycles. The van der Waals surface area contributed by atoms with Gasteiger partial charge in [-0.3, -0.25) is 9.36 Å². The van der Waals surface area contributed by atoms with Gasteiger partial charge in [0.25, 0.3) is 5.56 Å². The Hall–Kier alpha value is -2.14. The van der Waals surface area contributed by atoms with E-state index in [-0.39, 0.29) is 5.56 Å². The fraction of sp³-hybridized carbons (Fsp3) is 0.125. The fourth-order valence-corrected chi connectivity index (χ4v) is 2.98. The predicted octanol–water partition coefficient (Wildman–Crippen LogP) is 3.50. The summed E-state index contributed by atoms with van der Waals surface area (Å²) in [5.74, 6) is 0. The summed E-state index contributed by atoms with van der Waals surface area (Å²) in [6.45, 7) is 1.92. The van der Waals surface area contributed by atoms with Crippen LogP contribution in [-0.4, -0.2) is 16.6 Å². The van der Waals surface area contributed by atoms with Crippen molar-refractivity contribution in [1.29, 1.82) is 0 Å². The van der Waals surface area contributed by atoms with E-state index in [1.807, 2.05) is 49.4 Å². The third kappa shape index (κ3) is 2.23. The molecule has 5 heteroatoms. The quantitative estimate of drug-likeness (QED) is 0.774. The molecule has 0 aliphatic rings. The van der Waals surface area contributed by atoms with Gasteiger partial charge in [-0.15, -0.1) is 0 Å². The summed E-state index contributed by atoms with van der Waals surface area (Å²) in [5, 5.41) is 3.98. The highest BCUT2D eigenvalue weighted by Gasteiger charge is 2.16. The lowest BCUT2D eigenvalue weighted by molar-refractivity contribution is 0.997. The number of pyridine rings is 2. The van der Waals surface area contributed by atoms with Crippen molar-refractivity contribution >= 4 is 32.7 Å². The Morgan fingerprint density at radius 3 is 2.52 bits per heavy atom. The number of nitrogens with zero attached hydrogens (tertiary/aromatic N) is 2. The van der Waals surface area contributed by atoms with Crippen LogP contribution in [-0.2, 0) is 0 Å². The van der Waals surface area contributed by atoms with Crippen LogP contribution in [0.3, 0.4) is 0 Å². The van der Waals surface area contributed by atoms with E-state index in [0.29, 0.717) is 10.1 Å². The summed E-state index contributed by atoms with van der Waals surface area (Å²) in [5.41, 5.74) is 2.95. The molecular weight excluding hydrogens is 330 g/mol. The molecule has 0 saturated heterocycles. The fourth-order valence-electron chi connectivity index (χ4n) is 2.39. The number of anilines is 1. The van der Waals surface area contributed by atoms with Crippen LogP contribution in [0.5, 0.6) is 0 Å².